The largest absolute Gasteiger partial charge is 0.325 e. The molecule has 2 heterocycles. The highest BCUT2D eigenvalue weighted by Gasteiger charge is 2.49. The van der Waals surface area contributed by atoms with Gasteiger partial charge in [0.2, 0.25) is 5.91 Å². The number of benzene rings is 1. The van der Waals surface area contributed by atoms with Crippen LogP contribution in [0.5, 0.6) is 0 Å². The predicted molar refractivity (Wildman–Crippen MR) is 96.6 cm³/mol. The van der Waals surface area contributed by atoms with Crippen molar-refractivity contribution in [2.45, 2.75) is 12.5 Å². The summed E-state index contributed by atoms with van der Waals surface area (Å²) in [4.78, 5) is 42.0. The van der Waals surface area contributed by atoms with Gasteiger partial charge < -0.3 is 10.6 Å². The molecule has 1 aliphatic rings. The molecule has 0 saturated carbocycles. The smallest absolute Gasteiger partial charge is 0.319 e. The fourth-order valence-electron chi connectivity index (χ4n) is 2.69. The molecular weight excluding hydrogens is 370 g/mol. The van der Waals surface area contributed by atoms with Crippen LogP contribution in [0.2, 0.25) is 5.02 Å². The average Bonchev–Trinajstić information content (AvgIpc) is 2.88. The van der Waals surface area contributed by atoms with Crippen molar-refractivity contribution in [2.75, 3.05) is 11.9 Å². The summed E-state index contributed by atoms with van der Waals surface area (Å²) in [6, 6.07) is 10.7. The van der Waals surface area contributed by atoms with Crippen molar-refractivity contribution in [2.24, 2.45) is 0 Å². The van der Waals surface area contributed by atoms with Crippen LogP contribution in [0.3, 0.4) is 0 Å². The van der Waals surface area contributed by atoms with E-state index in [0.717, 1.165) is 4.90 Å². The molecule has 4 amide bonds. The first kappa shape index (κ1) is 18.4. The number of nitriles is 1. The summed E-state index contributed by atoms with van der Waals surface area (Å²) in [6.45, 7) is 1.09. The fourth-order valence-corrected chi connectivity index (χ4v) is 2.80. The second-order valence-electron chi connectivity index (χ2n) is 6.05. The highest BCUT2D eigenvalue weighted by Crippen LogP contribution is 2.29. The highest BCUT2D eigenvalue weighted by molar-refractivity contribution is 6.30. The lowest BCUT2D eigenvalue weighted by Crippen LogP contribution is -2.42. The Labute approximate surface area is 159 Å². The lowest BCUT2D eigenvalue weighted by atomic mass is 9.91. The number of nitrogens with zero attached hydrogens (tertiary/aromatic N) is 3. The second kappa shape index (κ2) is 7.05. The SMILES string of the molecule is CC1(c2ccc(C#N)cc2)NC(=O)N(CC(=O)Nc2ccc(Cl)cn2)C1=O. The molecule has 27 heavy (non-hydrogen) atoms. The summed E-state index contributed by atoms with van der Waals surface area (Å²) >= 11 is 5.73. The number of halogens is 1. The standard InChI is InChI=1S/C18H14ClN5O3/c1-18(12-4-2-11(8-20)3-5-12)16(26)24(17(27)23-18)10-15(25)22-14-7-6-13(19)9-21-14/h2-7,9H,10H2,1H3,(H,23,27)(H,21,22,25). The van der Waals surface area contributed by atoms with E-state index in [2.05, 4.69) is 15.6 Å². The lowest BCUT2D eigenvalue weighted by molar-refractivity contribution is -0.133. The van der Waals surface area contributed by atoms with Crippen LogP contribution in [0.4, 0.5) is 10.6 Å². The molecule has 0 aliphatic carbocycles. The molecule has 1 saturated heterocycles. The fraction of sp³-hybridized carbons (Fsp3) is 0.167. The van der Waals surface area contributed by atoms with Crippen molar-refractivity contribution in [3.63, 3.8) is 0 Å². The molecule has 1 atom stereocenters. The summed E-state index contributed by atoms with van der Waals surface area (Å²) in [5, 5.41) is 14.4. The van der Waals surface area contributed by atoms with Crippen molar-refractivity contribution in [1.29, 1.82) is 5.26 Å². The van der Waals surface area contributed by atoms with Gasteiger partial charge in [0.05, 0.1) is 16.7 Å². The zero-order valence-corrected chi connectivity index (χ0v) is 14.9. The quantitative estimate of drug-likeness (QED) is 0.783. The van der Waals surface area contributed by atoms with Gasteiger partial charge in [0.15, 0.2) is 0 Å². The lowest BCUT2D eigenvalue weighted by Gasteiger charge is -2.22. The molecule has 8 nitrogen and oxygen atoms in total. The number of urea groups is 1. The van der Waals surface area contributed by atoms with E-state index in [0.29, 0.717) is 16.1 Å². The number of hydrogen-bond donors (Lipinski definition) is 2. The first-order valence-corrected chi connectivity index (χ1v) is 8.27. The Balaban J connectivity index is 1.74. The van der Waals surface area contributed by atoms with Gasteiger partial charge >= 0.3 is 6.03 Å². The molecular formula is C18H14ClN5O3. The number of carbonyl (C=O) groups is 3. The maximum Gasteiger partial charge on any atom is 0.325 e. The second-order valence-corrected chi connectivity index (χ2v) is 6.48. The van der Waals surface area contributed by atoms with E-state index in [1.807, 2.05) is 6.07 Å². The van der Waals surface area contributed by atoms with Crippen LogP contribution in [-0.4, -0.2) is 34.3 Å². The Bertz CT molecular complexity index is 952. The van der Waals surface area contributed by atoms with Crippen molar-refractivity contribution >= 4 is 35.3 Å². The van der Waals surface area contributed by atoms with Gasteiger partial charge in [-0.3, -0.25) is 14.5 Å². The monoisotopic (exact) mass is 383 g/mol. The van der Waals surface area contributed by atoms with Crippen LogP contribution in [0.15, 0.2) is 42.6 Å². The number of amides is 4. The molecule has 0 radical (unpaired) electrons. The van der Waals surface area contributed by atoms with Gasteiger partial charge in [0.25, 0.3) is 5.91 Å². The Morgan fingerprint density at radius 3 is 2.59 bits per heavy atom. The van der Waals surface area contributed by atoms with E-state index in [4.69, 9.17) is 16.9 Å². The van der Waals surface area contributed by atoms with E-state index in [1.165, 1.54) is 12.3 Å². The maximum absolute atomic E-state index is 12.8. The topological polar surface area (TPSA) is 115 Å². The van der Waals surface area contributed by atoms with E-state index in [1.54, 1.807) is 37.3 Å². The van der Waals surface area contributed by atoms with E-state index >= 15 is 0 Å². The summed E-state index contributed by atoms with van der Waals surface area (Å²) in [7, 11) is 0. The average molecular weight is 384 g/mol. The Hall–Kier alpha value is -3.44. The number of nitrogens with one attached hydrogen (secondary N) is 2. The molecule has 9 heteroatoms. The first-order valence-electron chi connectivity index (χ1n) is 7.89. The number of anilines is 1. The van der Waals surface area contributed by atoms with Gasteiger partial charge in [-0.15, -0.1) is 0 Å². The number of rotatable bonds is 4. The molecule has 1 fully saturated rings. The third-order valence-electron chi connectivity index (χ3n) is 4.16. The third kappa shape index (κ3) is 3.59. The van der Waals surface area contributed by atoms with Crippen LogP contribution < -0.4 is 10.6 Å². The summed E-state index contributed by atoms with van der Waals surface area (Å²) in [5.41, 5.74) is -0.364. The molecule has 136 valence electrons. The molecule has 3 rings (SSSR count). The highest BCUT2D eigenvalue weighted by atomic mass is 35.5. The predicted octanol–water partition coefficient (Wildman–Crippen LogP) is 2.01. The van der Waals surface area contributed by atoms with Crippen LogP contribution >= 0.6 is 11.6 Å². The first-order chi connectivity index (χ1) is 12.8. The zero-order valence-electron chi connectivity index (χ0n) is 14.2. The zero-order chi connectivity index (χ0) is 19.6. The molecule has 2 aromatic rings. The van der Waals surface area contributed by atoms with Crippen LogP contribution in [0.1, 0.15) is 18.1 Å². The third-order valence-corrected chi connectivity index (χ3v) is 4.39. The molecule has 1 aromatic heterocycles. The number of aromatic nitrogens is 1. The molecule has 1 aromatic carbocycles. The van der Waals surface area contributed by atoms with Gasteiger partial charge in [0, 0.05) is 6.20 Å². The van der Waals surface area contributed by atoms with Gasteiger partial charge in [-0.05, 0) is 36.8 Å². The Kier molecular flexibility index (Phi) is 4.79. The molecule has 0 spiro atoms. The van der Waals surface area contributed by atoms with Gasteiger partial charge in [0.1, 0.15) is 17.9 Å². The van der Waals surface area contributed by atoms with E-state index < -0.39 is 29.9 Å². The van der Waals surface area contributed by atoms with E-state index in [-0.39, 0.29) is 5.82 Å². The van der Waals surface area contributed by atoms with Gasteiger partial charge in [-0.25, -0.2) is 9.78 Å². The number of hydrogen-bond acceptors (Lipinski definition) is 5. The summed E-state index contributed by atoms with van der Waals surface area (Å²) in [5.74, 6) is -0.875. The normalized spacial score (nSPS) is 18.8. The molecule has 1 aliphatic heterocycles. The Morgan fingerprint density at radius 2 is 2.00 bits per heavy atom. The minimum absolute atomic E-state index is 0.256. The summed E-state index contributed by atoms with van der Waals surface area (Å²) in [6.07, 6.45) is 1.37. The minimum Gasteiger partial charge on any atom is -0.319 e. The number of imide groups is 1. The van der Waals surface area contributed by atoms with Gasteiger partial charge in [-0.2, -0.15) is 5.26 Å². The summed E-state index contributed by atoms with van der Waals surface area (Å²) < 4.78 is 0. The van der Waals surface area contributed by atoms with Crippen molar-refractivity contribution in [3.8, 4) is 6.07 Å². The molecule has 2 N–H and O–H groups in total. The number of carbonyl (C=O) groups excluding carboxylic acids is 3. The van der Waals surface area contributed by atoms with Crippen LogP contribution in [0.25, 0.3) is 0 Å². The maximum atomic E-state index is 12.8. The van der Waals surface area contributed by atoms with Crippen LogP contribution in [0, 0.1) is 11.3 Å². The molecule has 1 unspecified atom stereocenters. The Morgan fingerprint density at radius 1 is 1.30 bits per heavy atom. The minimum atomic E-state index is -1.32. The van der Waals surface area contributed by atoms with Crippen molar-refractivity contribution in [3.05, 3.63) is 58.7 Å². The number of pyridine rings is 1. The van der Waals surface area contributed by atoms with Gasteiger partial charge in [-0.1, -0.05) is 23.7 Å². The van der Waals surface area contributed by atoms with E-state index in [9.17, 15) is 14.4 Å². The van der Waals surface area contributed by atoms with Crippen LogP contribution in [-0.2, 0) is 15.1 Å². The molecule has 0 bridgehead atoms. The van der Waals surface area contributed by atoms with Crippen molar-refractivity contribution < 1.29 is 14.4 Å². The van der Waals surface area contributed by atoms with Crippen molar-refractivity contribution in [1.82, 2.24) is 15.2 Å².